The van der Waals surface area contributed by atoms with Gasteiger partial charge in [-0.2, -0.15) is 5.26 Å². The molecule has 0 spiro atoms. The zero-order chi connectivity index (χ0) is 17.6. The predicted molar refractivity (Wildman–Crippen MR) is 94.4 cm³/mol. The van der Waals surface area contributed by atoms with Crippen LogP contribution in [-0.2, 0) is 11.2 Å². The number of carbonyl (C=O) groups excluding carboxylic acids is 1. The third-order valence-electron chi connectivity index (χ3n) is 4.37. The van der Waals surface area contributed by atoms with Crippen LogP contribution in [0.2, 0.25) is 0 Å². The van der Waals surface area contributed by atoms with Gasteiger partial charge < -0.3 is 14.5 Å². The first-order valence-corrected chi connectivity index (χ1v) is 8.22. The average Bonchev–Trinajstić information content (AvgIpc) is 2.68. The standard InChI is InChI=1S/C19H20N4O2/c1-25-17-5-3-2-4-16(17)13-19(24)23-10-8-22(9-11-23)18-12-15(14-20)6-7-21-18/h2-7,12H,8-11,13H2,1H3. The van der Waals surface area contributed by atoms with E-state index in [9.17, 15) is 4.79 Å². The summed E-state index contributed by atoms with van der Waals surface area (Å²) in [4.78, 5) is 20.9. The Kier molecular flexibility index (Phi) is 5.14. The van der Waals surface area contributed by atoms with E-state index in [1.54, 1.807) is 25.4 Å². The van der Waals surface area contributed by atoms with Crippen LogP contribution >= 0.6 is 0 Å². The van der Waals surface area contributed by atoms with Gasteiger partial charge in [0, 0.05) is 37.9 Å². The highest BCUT2D eigenvalue weighted by Crippen LogP contribution is 2.20. The molecule has 0 radical (unpaired) electrons. The normalized spacial score (nSPS) is 14.1. The summed E-state index contributed by atoms with van der Waals surface area (Å²) in [5, 5.41) is 9.00. The summed E-state index contributed by atoms with van der Waals surface area (Å²) in [6.45, 7) is 2.71. The fraction of sp³-hybridized carbons (Fsp3) is 0.316. The number of benzene rings is 1. The minimum absolute atomic E-state index is 0.0999. The van der Waals surface area contributed by atoms with Crippen LogP contribution in [-0.4, -0.2) is 49.1 Å². The molecule has 25 heavy (non-hydrogen) atoms. The summed E-state index contributed by atoms with van der Waals surface area (Å²) in [7, 11) is 1.62. The molecule has 1 fully saturated rings. The number of hydrogen-bond acceptors (Lipinski definition) is 5. The molecule has 1 saturated heterocycles. The maximum absolute atomic E-state index is 12.6. The van der Waals surface area contributed by atoms with Crippen molar-refractivity contribution in [1.82, 2.24) is 9.88 Å². The second-order valence-electron chi connectivity index (χ2n) is 5.87. The highest BCUT2D eigenvalue weighted by molar-refractivity contribution is 5.79. The third-order valence-corrected chi connectivity index (χ3v) is 4.37. The molecule has 1 aliphatic rings. The van der Waals surface area contributed by atoms with Crippen molar-refractivity contribution in [3.05, 3.63) is 53.7 Å². The van der Waals surface area contributed by atoms with Gasteiger partial charge in [-0.25, -0.2) is 4.98 Å². The molecule has 6 nitrogen and oxygen atoms in total. The van der Waals surface area contributed by atoms with Gasteiger partial charge in [0.05, 0.1) is 25.2 Å². The number of rotatable bonds is 4. The largest absolute Gasteiger partial charge is 0.496 e. The van der Waals surface area contributed by atoms with E-state index in [1.807, 2.05) is 29.2 Å². The maximum atomic E-state index is 12.6. The van der Waals surface area contributed by atoms with Crippen LogP contribution in [0, 0.1) is 11.3 Å². The van der Waals surface area contributed by atoms with Crippen molar-refractivity contribution in [2.24, 2.45) is 0 Å². The summed E-state index contributed by atoms with van der Waals surface area (Å²) < 4.78 is 5.32. The van der Waals surface area contributed by atoms with Gasteiger partial charge in [0.2, 0.25) is 5.91 Å². The van der Waals surface area contributed by atoms with Gasteiger partial charge in [-0.3, -0.25) is 4.79 Å². The van der Waals surface area contributed by atoms with Gasteiger partial charge >= 0.3 is 0 Å². The first kappa shape index (κ1) is 16.8. The lowest BCUT2D eigenvalue weighted by Gasteiger charge is -2.35. The number of hydrogen-bond donors (Lipinski definition) is 0. The number of aromatic nitrogens is 1. The molecule has 2 aromatic rings. The maximum Gasteiger partial charge on any atom is 0.227 e. The van der Waals surface area contributed by atoms with Gasteiger partial charge in [-0.05, 0) is 18.2 Å². The van der Waals surface area contributed by atoms with E-state index >= 15 is 0 Å². The van der Waals surface area contributed by atoms with Crippen LogP contribution in [0.15, 0.2) is 42.6 Å². The molecule has 0 unspecified atom stereocenters. The average molecular weight is 336 g/mol. The summed E-state index contributed by atoms with van der Waals surface area (Å²) >= 11 is 0. The van der Waals surface area contributed by atoms with E-state index in [2.05, 4.69) is 16.0 Å². The summed E-state index contributed by atoms with van der Waals surface area (Å²) in [5.74, 6) is 1.63. The van der Waals surface area contributed by atoms with Crippen LogP contribution < -0.4 is 9.64 Å². The van der Waals surface area contributed by atoms with Gasteiger partial charge in [0.1, 0.15) is 11.6 Å². The van der Waals surface area contributed by atoms with E-state index in [-0.39, 0.29) is 5.91 Å². The van der Waals surface area contributed by atoms with E-state index in [0.29, 0.717) is 38.2 Å². The van der Waals surface area contributed by atoms with Gasteiger partial charge in [-0.15, -0.1) is 0 Å². The minimum Gasteiger partial charge on any atom is -0.496 e. The number of ether oxygens (including phenoxy) is 1. The fourth-order valence-corrected chi connectivity index (χ4v) is 2.97. The Morgan fingerprint density at radius 3 is 2.72 bits per heavy atom. The van der Waals surface area contributed by atoms with Crippen molar-refractivity contribution >= 4 is 11.7 Å². The Morgan fingerprint density at radius 2 is 2.00 bits per heavy atom. The lowest BCUT2D eigenvalue weighted by Crippen LogP contribution is -2.49. The molecule has 0 bridgehead atoms. The van der Waals surface area contributed by atoms with Gasteiger partial charge in [0.25, 0.3) is 0 Å². The van der Waals surface area contributed by atoms with Crippen molar-refractivity contribution in [1.29, 1.82) is 5.26 Å². The fourth-order valence-electron chi connectivity index (χ4n) is 2.97. The van der Waals surface area contributed by atoms with Crippen LogP contribution in [0.5, 0.6) is 5.75 Å². The highest BCUT2D eigenvalue weighted by atomic mass is 16.5. The molecule has 1 aliphatic heterocycles. The smallest absolute Gasteiger partial charge is 0.227 e. The van der Waals surface area contributed by atoms with Crippen molar-refractivity contribution in [2.45, 2.75) is 6.42 Å². The second-order valence-corrected chi connectivity index (χ2v) is 5.87. The lowest BCUT2D eigenvalue weighted by molar-refractivity contribution is -0.130. The van der Waals surface area contributed by atoms with Crippen molar-refractivity contribution in [3.63, 3.8) is 0 Å². The second kappa shape index (κ2) is 7.67. The first-order chi connectivity index (χ1) is 12.2. The van der Waals surface area contributed by atoms with Gasteiger partial charge in [0.15, 0.2) is 0 Å². The number of nitriles is 1. The van der Waals surface area contributed by atoms with Crippen LogP contribution in [0.3, 0.4) is 0 Å². The van der Waals surface area contributed by atoms with Crippen LogP contribution in [0.1, 0.15) is 11.1 Å². The molecule has 0 N–H and O–H groups in total. The Hall–Kier alpha value is -3.07. The molecule has 1 aromatic heterocycles. The van der Waals surface area contributed by atoms with Crippen molar-refractivity contribution in [3.8, 4) is 11.8 Å². The van der Waals surface area contributed by atoms with E-state index in [1.165, 1.54) is 0 Å². The molecular weight excluding hydrogens is 316 g/mol. The Balaban J connectivity index is 1.60. The van der Waals surface area contributed by atoms with Crippen LogP contribution in [0.4, 0.5) is 5.82 Å². The minimum atomic E-state index is 0.0999. The SMILES string of the molecule is COc1ccccc1CC(=O)N1CCN(c2cc(C#N)ccn2)CC1. The number of methoxy groups -OCH3 is 1. The third kappa shape index (κ3) is 3.89. The Morgan fingerprint density at radius 1 is 1.24 bits per heavy atom. The molecule has 128 valence electrons. The lowest BCUT2D eigenvalue weighted by atomic mass is 10.1. The topological polar surface area (TPSA) is 69.5 Å². The molecule has 2 heterocycles. The first-order valence-electron chi connectivity index (χ1n) is 8.22. The number of carbonyl (C=O) groups is 1. The summed E-state index contributed by atoms with van der Waals surface area (Å²) in [5.41, 5.74) is 1.50. The molecule has 1 aromatic carbocycles. The van der Waals surface area contributed by atoms with Crippen LogP contribution in [0.25, 0.3) is 0 Å². The molecule has 0 saturated carbocycles. The zero-order valence-electron chi connectivity index (χ0n) is 14.2. The number of amides is 1. The molecule has 6 heteroatoms. The summed E-state index contributed by atoms with van der Waals surface area (Å²) in [6.07, 6.45) is 1.99. The molecule has 3 rings (SSSR count). The van der Waals surface area contributed by atoms with Gasteiger partial charge in [-0.1, -0.05) is 18.2 Å². The quantitative estimate of drug-likeness (QED) is 0.852. The molecule has 0 atom stereocenters. The number of nitrogens with zero attached hydrogens (tertiary/aromatic N) is 4. The Labute approximate surface area is 147 Å². The molecular formula is C19H20N4O2. The number of anilines is 1. The number of para-hydroxylation sites is 1. The predicted octanol–water partition coefficient (Wildman–Crippen LogP) is 1.85. The van der Waals surface area contributed by atoms with E-state index in [0.717, 1.165) is 17.1 Å². The zero-order valence-corrected chi connectivity index (χ0v) is 14.2. The monoisotopic (exact) mass is 336 g/mol. The summed E-state index contributed by atoms with van der Waals surface area (Å²) in [6, 6.07) is 13.2. The number of pyridine rings is 1. The van der Waals surface area contributed by atoms with Crippen molar-refractivity contribution in [2.75, 3.05) is 38.2 Å². The van der Waals surface area contributed by atoms with Crippen molar-refractivity contribution < 1.29 is 9.53 Å². The van der Waals surface area contributed by atoms with E-state index < -0.39 is 0 Å². The Bertz CT molecular complexity index is 792. The molecule has 0 aliphatic carbocycles. The van der Waals surface area contributed by atoms with E-state index in [4.69, 9.17) is 10.00 Å². The highest BCUT2D eigenvalue weighted by Gasteiger charge is 2.22. The number of piperazine rings is 1. The molecule has 1 amide bonds.